The van der Waals surface area contributed by atoms with Gasteiger partial charge in [0.15, 0.2) is 0 Å². The van der Waals surface area contributed by atoms with Gasteiger partial charge in [0.1, 0.15) is 16.7 Å². The Morgan fingerprint density at radius 3 is 2.93 bits per heavy atom. The topological polar surface area (TPSA) is 64.1 Å². The number of nitrogens with one attached hydrogen (secondary N) is 1. The van der Waals surface area contributed by atoms with Crippen LogP contribution in [0, 0.1) is 6.92 Å². The minimum Gasteiger partial charge on any atom is -0.468 e. The Morgan fingerprint density at radius 2 is 2.33 bits per heavy atom. The van der Waals surface area contributed by atoms with Crippen LogP contribution in [-0.2, 0) is 9.53 Å². The summed E-state index contributed by atoms with van der Waals surface area (Å²) in [6.45, 7) is 1.81. The van der Waals surface area contributed by atoms with Crippen molar-refractivity contribution in [1.82, 2.24) is 9.97 Å². The Kier molecular flexibility index (Phi) is 4.36. The van der Waals surface area contributed by atoms with Crippen LogP contribution in [0.4, 0.5) is 5.82 Å². The number of methoxy groups -OCH3 is 1. The van der Waals surface area contributed by atoms with Gasteiger partial charge in [0, 0.05) is 13.1 Å². The molecule has 1 N–H and O–H groups in total. The van der Waals surface area contributed by atoms with E-state index in [9.17, 15) is 4.79 Å². The lowest BCUT2D eigenvalue weighted by Gasteiger charge is -2.04. The number of hydrogen-bond donors (Lipinski definition) is 1. The minimum atomic E-state index is -0.262. The van der Waals surface area contributed by atoms with Gasteiger partial charge in [-0.1, -0.05) is 11.8 Å². The molecule has 15 heavy (non-hydrogen) atoms. The fraction of sp³-hybridized carbons (Fsp3) is 0.444. The lowest BCUT2D eigenvalue weighted by atomic mass is 10.5. The largest absolute Gasteiger partial charge is 0.468 e. The second-order valence-electron chi connectivity index (χ2n) is 2.75. The quantitative estimate of drug-likeness (QED) is 0.472. The Morgan fingerprint density at radius 1 is 1.60 bits per heavy atom. The van der Waals surface area contributed by atoms with Crippen LogP contribution >= 0.6 is 11.8 Å². The molecule has 82 valence electrons. The number of aryl methyl sites for hydroxylation is 1. The van der Waals surface area contributed by atoms with Gasteiger partial charge in [-0.3, -0.25) is 4.79 Å². The molecule has 0 aliphatic carbocycles. The Bertz CT molecular complexity index is 357. The second kappa shape index (κ2) is 5.55. The van der Waals surface area contributed by atoms with Gasteiger partial charge < -0.3 is 10.1 Å². The highest BCUT2D eigenvalue weighted by molar-refractivity contribution is 7.99. The van der Waals surface area contributed by atoms with Crippen molar-refractivity contribution in [2.45, 2.75) is 11.9 Å². The first-order valence-corrected chi connectivity index (χ1v) is 5.37. The summed E-state index contributed by atoms with van der Waals surface area (Å²) in [5, 5.41) is 3.69. The zero-order valence-corrected chi connectivity index (χ0v) is 9.72. The van der Waals surface area contributed by atoms with Gasteiger partial charge in [-0.2, -0.15) is 0 Å². The monoisotopic (exact) mass is 227 g/mol. The van der Waals surface area contributed by atoms with E-state index in [4.69, 9.17) is 0 Å². The number of hydrogen-bond acceptors (Lipinski definition) is 6. The summed E-state index contributed by atoms with van der Waals surface area (Å²) in [6, 6.07) is 1.79. The molecule has 0 aromatic carbocycles. The summed E-state index contributed by atoms with van der Waals surface area (Å²) in [5.41, 5.74) is 0. The molecular weight excluding hydrogens is 214 g/mol. The SMILES string of the molecule is CNc1cc(SCC(=O)OC)nc(C)n1. The maximum absolute atomic E-state index is 10.9. The summed E-state index contributed by atoms with van der Waals surface area (Å²) in [6.07, 6.45) is 0. The number of ether oxygens (including phenoxy) is 1. The van der Waals surface area contributed by atoms with E-state index >= 15 is 0 Å². The zero-order chi connectivity index (χ0) is 11.3. The molecule has 5 nitrogen and oxygen atoms in total. The van der Waals surface area contributed by atoms with Gasteiger partial charge in [0.2, 0.25) is 0 Å². The number of thioether (sulfide) groups is 1. The first kappa shape index (κ1) is 11.8. The lowest BCUT2D eigenvalue weighted by molar-refractivity contribution is -0.137. The van der Waals surface area contributed by atoms with Crippen LogP contribution in [0.3, 0.4) is 0 Å². The van der Waals surface area contributed by atoms with Crippen molar-refractivity contribution in [2.24, 2.45) is 0 Å². The molecule has 0 unspecified atom stereocenters. The Labute approximate surface area is 92.6 Å². The van der Waals surface area contributed by atoms with Crippen LogP contribution < -0.4 is 5.32 Å². The van der Waals surface area contributed by atoms with Gasteiger partial charge in [-0.15, -0.1) is 0 Å². The molecule has 0 aliphatic heterocycles. The number of nitrogens with zero attached hydrogens (tertiary/aromatic N) is 2. The molecule has 6 heteroatoms. The van der Waals surface area contributed by atoms with Gasteiger partial charge in [0.05, 0.1) is 12.9 Å². The summed E-state index contributed by atoms with van der Waals surface area (Å²) in [4.78, 5) is 19.3. The van der Waals surface area contributed by atoms with Crippen molar-refractivity contribution in [1.29, 1.82) is 0 Å². The van der Waals surface area contributed by atoms with E-state index in [0.29, 0.717) is 5.82 Å². The third kappa shape index (κ3) is 3.75. The van der Waals surface area contributed by atoms with Crippen molar-refractivity contribution in [2.75, 3.05) is 25.2 Å². The van der Waals surface area contributed by atoms with Crippen molar-refractivity contribution < 1.29 is 9.53 Å². The highest BCUT2D eigenvalue weighted by Crippen LogP contribution is 2.18. The van der Waals surface area contributed by atoms with Crippen molar-refractivity contribution >= 4 is 23.5 Å². The molecule has 1 rings (SSSR count). The molecule has 1 heterocycles. The molecule has 0 aliphatic rings. The number of aromatic nitrogens is 2. The lowest BCUT2D eigenvalue weighted by Crippen LogP contribution is -2.04. The number of anilines is 1. The molecule has 0 saturated carbocycles. The predicted molar refractivity (Wildman–Crippen MR) is 59.1 cm³/mol. The molecule has 0 atom stereocenters. The standard InChI is InChI=1S/C9H13N3O2S/c1-6-11-7(10-2)4-8(12-6)15-5-9(13)14-3/h4H,5H2,1-3H3,(H,10,11,12). The molecule has 0 fully saturated rings. The third-order valence-corrected chi connectivity index (χ3v) is 2.52. The smallest absolute Gasteiger partial charge is 0.316 e. The van der Waals surface area contributed by atoms with Gasteiger partial charge in [-0.05, 0) is 6.92 Å². The number of esters is 1. The molecule has 0 amide bonds. The third-order valence-electron chi connectivity index (χ3n) is 1.64. The number of carbonyl (C=O) groups is 1. The Hall–Kier alpha value is -1.30. The van der Waals surface area contributed by atoms with Gasteiger partial charge in [0.25, 0.3) is 0 Å². The predicted octanol–water partition coefficient (Wildman–Crippen LogP) is 1.09. The van der Waals surface area contributed by atoms with Crippen molar-refractivity contribution in [3.8, 4) is 0 Å². The van der Waals surface area contributed by atoms with Crippen LogP contribution in [0.15, 0.2) is 11.1 Å². The molecule has 1 aromatic rings. The van der Waals surface area contributed by atoms with E-state index in [1.165, 1.54) is 18.9 Å². The first-order valence-electron chi connectivity index (χ1n) is 4.38. The van der Waals surface area contributed by atoms with E-state index in [1.807, 2.05) is 6.92 Å². The van der Waals surface area contributed by atoms with Crippen LogP contribution in [-0.4, -0.2) is 35.8 Å². The fourth-order valence-corrected chi connectivity index (χ4v) is 1.71. The van der Waals surface area contributed by atoms with Crippen LogP contribution in [0.25, 0.3) is 0 Å². The fourth-order valence-electron chi connectivity index (χ4n) is 0.934. The Balaban J connectivity index is 2.68. The van der Waals surface area contributed by atoms with Crippen molar-refractivity contribution in [3.05, 3.63) is 11.9 Å². The molecule has 1 aromatic heterocycles. The van der Waals surface area contributed by atoms with Crippen molar-refractivity contribution in [3.63, 3.8) is 0 Å². The normalized spacial score (nSPS) is 9.80. The summed E-state index contributed by atoms with van der Waals surface area (Å²) >= 11 is 1.33. The molecule has 0 radical (unpaired) electrons. The molecule has 0 bridgehead atoms. The highest BCUT2D eigenvalue weighted by atomic mass is 32.2. The van der Waals surface area contributed by atoms with E-state index in [0.717, 1.165) is 10.8 Å². The average Bonchev–Trinajstić information content (AvgIpc) is 2.25. The van der Waals surface area contributed by atoms with E-state index in [2.05, 4.69) is 20.0 Å². The number of carbonyl (C=O) groups excluding carboxylic acids is 1. The van der Waals surface area contributed by atoms with E-state index < -0.39 is 0 Å². The molecule has 0 saturated heterocycles. The first-order chi connectivity index (χ1) is 7.15. The zero-order valence-electron chi connectivity index (χ0n) is 8.90. The summed E-state index contributed by atoms with van der Waals surface area (Å²) in [5.74, 6) is 1.42. The van der Waals surface area contributed by atoms with Crippen LogP contribution in [0.2, 0.25) is 0 Å². The van der Waals surface area contributed by atoms with Crippen LogP contribution in [0.5, 0.6) is 0 Å². The maximum atomic E-state index is 10.9. The average molecular weight is 227 g/mol. The van der Waals surface area contributed by atoms with E-state index in [-0.39, 0.29) is 11.7 Å². The minimum absolute atomic E-state index is 0.260. The molecular formula is C9H13N3O2S. The van der Waals surface area contributed by atoms with E-state index in [1.54, 1.807) is 13.1 Å². The summed E-state index contributed by atoms with van der Waals surface area (Å²) < 4.78 is 4.54. The van der Waals surface area contributed by atoms with Gasteiger partial charge in [-0.25, -0.2) is 9.97 Å². The highest BCUT2D eigenvalue weighted by Gasteiger charge is 2.05. The maximum Gasteiger partial charge on any atom is 0.316 e. The summed E-state index contributed by atoms with van der Waals surface area (Å²) in [7, 11) is 3.16. The van der Waals surface area contributed by atoms with Crippen LogP contribution in [0.1, 0.15) is 5.82 Å². The molecule has 0 spiro atoms. The number of rotatable bonds is 4. The second-order valence-corrected chi connectivity index (χ2v) is 3.75. The van der Waals surface area contributed by atoms with Gasteiger partial charge >= 0.3 is 5.97 Å².